The van der Waals surface area contributed by atoms with E-state index in [9.17, 15) is 4.79 Å². The second kappa shape index (κ2) is 7.64. The van der Waals surface area contributed by atoms with Gasteiger partial charge in [-0.05, 0) is 48.2 Å². The SMILES string of the molecule is N=C(NC(=O)c1ccc(Cl)cc1)C1(c2ccc(-c3cnc(N)nc3)cc2)CCC1. The number of nitrogens with two attached hydrogens (primary N) is 1. The molecule has 0 radical (unpaired) electrons. The maximum Gasteiger partial charge on any atom is 0.256 e. The monoisotopic (exact) mass is 405 g/mol. The van der Waals surface area contributed by atoms with E-state index < -0.39 is 5.41 Å². The minimum Gasteiger partial charge on any atom is -0.368 e. The molecule has 1 fully saturated rings. The minimum absolute atomic E-state index is 0.229. The Kier molecular flexibility index (Phi) is 5.03. The second-order valence-corrected chi connectivity index (χ2v) is 7.62. The molecule has 0 saturated heterocycles. The van der Waals surface area contributed by atoms with Crippen LogP contribution in [0.5, 0.6) is 0 Å². The van der Waals surface area contributed by atoms with E-state index in [-0.39, 0.29) is 17.7 Å². The van der Waals surface area contributed by atoms with Crippen LogP contribution in [-0.4, -0.2) is 21.7 Å². The molecule has 0 unspecified atom stereocenters. The zero-order valence-corrected chi connectivity index (χ0v) is 16.4. The lowest BCUT2D eigenvalue weighted by Gasteiger charge is -2.42. The van der Waals surface area contributed by atoms with Gasteiger partial charge in [0.25, 0.3) is 5.91 Å². The smallest absolute Gasteiger partial charge is 0.256 e. The molecule has 1 amide bonds. The zero-order valence-electron chi connectivity index (χ0n) is 15.7. The summed E-state index contributed by atoms with van der Waals surface area (Å²) in [5, 5.41) is 11.9. The van der Waals surface area contributed by atoms with Gasteiger partial charge in [0, 0.05) is 28.5 Å². The van der Waals surface area contributed by atoms with Crippen LogP contribution in [0.15, 0.2) is 60.9 Å². The van der Waals surface area contributed by atoms with E-state index in [0.717, 1.165) is 36.0 Å². The van der Waals surface area contributed by atoms with E-state index in [1.54, 1.807) is 36.7 Å². The van der Waals surface area contributed by atoms with Gasteiger partial charge >= 0.3 is 0 Å². The highest BCUT2D eigenvalue weighted by Crippen LogP contribution is 2.44. The van der Waals surface area contributed by atoms with Crippen molar-refractivity contribution in [3.8, 4) is 11.1 Å². The number of halogens is 1. The summed E-state index contributed by atoms with van der Waals surface area (Å²) in [4.78, 5) is 20.6. The molecule has 1 aliphatic rings. The number of benzene rings is 2. The van der Waals surface area contributed by atoms with Gasteiger partial charge in [-0.1, -0.05) is 42.3 Å². The number of amides is 1. The van der Waals surface area contributed by atoms with Crippen LogP contribution in [-0.2, 0) is 5.41 Å². The average Bonchev–Trinajstić information content (AvgIpc) is 2.69. The molecule has 1 saturated carbocycles. The number of hydrogen-bond acceptors (Lipinski definition) is 5. The van der Waals surface area contributed by atoms with Crippen molar-refractivity contribution in [3.05, 3.63) is 77.1 Å². The van der Waals surface area contributed by atoms with Crippen molar-refractivity contribution < 1.29 is 4.79 Å². The Hall–Kier alpha value is -3.25. The Morgan fingerprint density at radius 3 is 2.17 bits per heavy atom. The molecule has 7 heteroatoms. The van der Waals surface area contributed by atoms with E-state index in [1.165, 1.54) is 0 Å². The van der Waals surface area contributed by atoms with Crippen LogP contribution in [0.2, 0.25) is 5.02 Å². The van der Waals surface area contributed by atoms with Crippen molar-refractivity contribution in [3.63, 3.8) is 0 Å². The van der Waals surface area contributed by atoms with Gasteiger partial charge in [0.15, 0.2) is 0 Å². The number of nitrogens with zero attached hydrogens (tertiary/aromatic N) is 2. The van der Waals surface area contributed by atoms with Crippen molar-refractivity contribution in [2.45, 2.75) is 24.7 Å². The number of rotatable bonds is 4. The number of aromatic nitrogens is 2. The van der Waals surface area contributed by atoms with Gasteiger partial charge in [0.2, 0.25) is 5.95 Å². The molecule has 0 atom stereocenters. The molecule has 4 N–H and O–H groups in total. The molecule has 146 valence electrons. The molecule has 4 rings (SSSR count). The molecular formula is C22H20ClN5O. The van der Waals surface area contributed by atoms with E-state index in [0.29, 0.717) is 10.6 Å². The van der Waals surface area contributed by atoms with Crippen molar-refractivity contribution in [2.75, 3.05) is 5.73 Å². The Labute approximate surface area is 173 Å². The van der Waals surface area contributed by atoms with Crippen LogP contribution >= 0.6 is 11.6 Å². The summed E-state index contributed by atoms with van der Waals surface area (Å²) in [7, 11) is 0. The molecule has 1 aliphatic carbocycles. The molecule has 1 heterocycles. The Balaban J connectivity index is 1.53. The molecule has 29 heavy (non-hydrogen) atoms. The lowest BCUT2D eigenvalue weighted by molar-refractivity contribution is 0.0972. The topological polar surface area (TPSA) is 105 Å². The summed E-state index contributed by atoms with van der Waals surface area (Å²) >= 11 is 5.88. The second-order valence-electron chi connectivity index (χ2n) is 7.18. The van der Waals surface area contributed by atoms with Gasteiger partial charge in [-0.2, -0.15) is 0 Å². The van der Waals surface area contributed by atoms with E-state index in [2.05, 4.69) is 15.3 Å². The fourth-order valence-electron chi connectivity index (χ4n) is 3.59. The van der Waals surface area contributed by atoms with Crippen molar-refractivity contribution in [1.82, 2.24) is 15.3 Å². The zero-order chi connectivity index (χ0) is 20.4. The van der Waals surface area contributed by atoms with E-state index >= 15 is 0 Å². The van der Waals surface area contributed by atoms with Gasteiger partial charge in [0.05, 0.1) is 5.41 Å². The van der Waals surface area contributed by atoms with E-state index in [4.69, 9.17) is 22.7 Å². The number of nitrogens with one attached hydrogen (secondary N) is 2. The van der Waals surface area contributed by atoms with Crippen molar-refractivity contribution in [2.24, 2.45) is 0 Å². The van der Waals surface area contributed by atoms with Crippen LogP contribution in [0.4, 0.5) is 5.95 Å². The van der Waals surface area contributed by atoms with Gasteiger partial charge in [-0.25, -0.2) is 9.97 Å². The molecule has 0 aliphatic heterocycles. The molecule has 2 aromatic carbocycles. The quantitative estimate of drug-likeness (QED) is 0.446. The summed E-state index contributed by atoms with van der Waals surface area (Å²) in [5.74, 6) is 0.171. The van der Waals surface area contributed by atoms with Crippen LogP contribution in [0.1, 0.15) is 35.2 Å². The van der Waals surface area contributed by atoms with Gasteiger partial charge in [-0.15, -0.1) is 0 Å². The number of nitrogen functional groups attached to an aromatic ring is 1. The highest BCUT2D eigenvalue weighted by Gasteiger charge is 2.43. The molecule has 0 bridgehead atoms. The number of amidine groups is 1. The summed E-state index contributed by atoms with van der Waals surface area (Å²) < 4.78 is 0. The summed E-state index contributed by atoms with van der Waals surface area (Å²) in [6, 6.07) is 14.6. The third-order valence-corrected chi connectivity index (χ3v) is 5.73. The summed E-state index contributed by atoms with van der Waals surface area (Å²) in [5.41, 5.74) is 8.43. The van der Waals surface area contributed by atoms with Gasteiger partial charge < -0.3 is 11.1 Å². The minimum atomic E-state index is -0.460. The number of anilines is 1. The number of carbonyl (C=O) groups excluding carboxylic acids is 1. The van der Waals surface area contributed by atoms with Crippen LogP contribution < -0.4 is 11.1 Å². The third-order valence-electron chi connectivity index (χ3n) is 5.47. The predicted molar refractivity (Wildman–Crippen MR) is 114 cm³/mol. The fourth-order valence-corrected chi connectivity index (χ4v) is 3.71. The van der Waals surface area contributed by atoms with Crippen LogP contribution in [0, 0.1) is 5.41 Å². The van der Waals surface area contributed by atoms with Crippen LogP contribution in [0.3, 0.4) is 0 Å². The van der Waals surface area contributed by atoms with Gasteiger partial charge in [0.1, 0.15) is 5.84 Å². The molecule has 6 nitrogen and oxygen atoms in total. The maximum absolute atomic E-state index is 12.5. The number of carbonyl (C=O) groups is 1. The lowest BCUT2D eigenvalue weighted by Crippen LogP contribution is -2.50. The lowest BCUT2D eigenvalue weighted by atomic mass is 9.63. The fraction of sp³-hybridized carbons (Fsp3) is 0.182. The molecule has 0 spiro atoms. The highest BCUT2D eigenvalue weighted by atomic mass is 35.5. The molecule has 1 aromatic heterocycles. The van der Waals surface area contributed by atoms with Gasteiger partial charge in [-0.3, -0.25) is 10.2 Å². The van der Waals surface area contributed by atoms with E-state index in [1.807, 2.05) is 24.3 Å². The van der Waals surface area contributed by atoms with Crippen LogP contribution in [0.25, 0.3) is 11.1 Å². The maximum atomic E-state index is 12.5. The Bertz CT molecular complexity index is 1040. The largest absolute Gasteiger partial charge is 0.368 e. The highest BCUT2D eigenvalue weighted by molar-refractivity contribution is 6.30. The number of hydrogen-bond donors (Lipinski definition) is 3. The first-order valence-electron chi connectivity index (χ1n) is 9.32. The average molecular weight is 406 g/mol. The third kappa shape index (κ3) is 3.71. The Morgan fingerprint density at radius 1 is 1.00 bits per heavy atom. The first kappa shape index (κ1) is 19.1. The Morgan fingerprint density at radius 2 is 1.62 bits per heavy atom. The molecular weight excluding hydrogens is 386 g/mol. The first-order chi connectivity index (χ1) is 14.0. The predicted octanol–water partition coefficient (Wildman–Crippen LogP) is 4.21. The standard InChI is InChI=1S/C22H20ClN5O/c23-18-8-4-15(5-9-18)19(29)28-20(24)22(10-1-11-22)17-6-2-14(3-7-17)16-12-26-21(25)27-13-16/h2-9,12-13H,1,10-11H2,(H2,24,28,29)(H2,25,26,27). The normalized spacial score (nSPS) is 14.7. The first-order valence-corrected chi connectivity index (χ1v) is 9.70. The van der Waals surface area contributed by atoms with Crippen molar-refractivity contribution in [1.29, 1.82) is 5.41 Å². The molecule has 3 aromatic rings. The van der Waals surface area contributed by atoms with Crippen molar-refractivity contribution >= 4 is 29.3 Å². The summed E-state index contributed by atoms with van der Waals surface area (Å²) in [6.07, 6.45) is 6.05. The summed E-state index contributed by atoms with van der Waals surface area (Å²) in [6.45, 7) is 0.